The van der Waals surface area contributed by atoms with Crippen LogP contribution >= 0.6 is 11.3 Å². The fraction of sp³-hybridized carbons (Fsp3) is 0. The summed E-state index contributed by atoms with van der Waals surface area (Å²) in [6.07, 6.45) is 0. The quantitative estimate of drug-likeness (QED) is 0.174. The molecule has 0 saturated heterocycles. The molecule has 232 valence electrons. The van der Waals surface area contributed by atoms with Gasteiger partial charge in [0.05, 0.1) is 5.39 Å². The molecule has 0 radical (unpaired) electrons. The van der Waals surface area contributed by atoms with Crippen LogP contribution in [0, 0.1) is 0 Å². The maximum Gasteiger partial charge on any atom is 0.147 e. The van der Waals surface area contributed by atoms with E-state index in [0.29, 0.717) is 0 Å². The van der Waals surface area contributed by atoms with Crippen molar-refractivity contribution in [2.75, 3.05) is 0 Å². The standard InChI is InChI=1S/C46H24O3S/c1-3-9-31-29(7-1)41(26-15-18-37-35(23-26)44-39(48-37)19-14-25-21-22-50-46(25)44)30-8-2-4-10-32(30)42(31)27-13-16-28-33-17-20-38-43(45(33)49-40(28)24-27)34-11-5-6-12-36(34)47-38/h1-24H. The first-order valence-electron chi connectivity index (χ1n) is 16.8. The molecule has 0 spiro atoms. The average Bonchev–Trinajstić information content (AvgIpc) is 3.95. The van der Waals surface area contributed by atoms with E-state index in [1.54, 1.807) is 11.3 Å². The van der Waals surface area contributed by atoms with Crippen molar-refractivity contribution >= 4 is 109 Å². The number of para-hydroxylation sites is 1. The molecule has 0 unspecified atom stereocenters. The van der Waals surface area contributed by atoms with Gasteiger partial charge < -0.3 is 13.3 Å². The van der Waals surface area contributed by atoms with Crippen molar-refractivity contribution in [1.29, 1.82) is 0 Å². The average molecular weight is 657 g/mol. The molecule has 12 aromatic rings. The summed E-state index contributed by atoms with van der Waals surface area (Å²) in [4.78, 5) is 0. The van der Waals surface area contributed by atoms with Gasteiger partial charge in [0.15, 0.2) is 0 Å². The molecule has 0 saturated carbocycles. The predicted molar refractivity (Wildman–Crippen MR) is 210 cm³/mol. The Balaban J connectivity index is 1.13. The molecule has 4 aromatic heterocycles. The second kappa shape index (κ2) is 9.63. The van der Waals surface area contributed by atoms with Crippen LogP contribution in [0.25, 0.3) is 120 Å². The Bertz CT molecular complexity index is 3330. The molecule has 4 heteroatoms. The van der Waals surface area contributed by atoms with Crippen LogP contribution in [0.1, 0.15) is 0 Å². The predicted octanol–water partition coefficient (Wildman–Crippen LogP) is 14.2. The van der Waals surface area contributed by atoms with Gasteiger partial charge in [-0.1, -0.05) is 78.9 Å². The molecule has 3 nitrogen and oxygen atoms in total. The number of rotatable bonds is 2. The lowest BCUT2D eigenvalue weighted by molar-refractivity contribution is 0.663. The van der Waals surface area contributed by atoms with Crippen molar-refractivity contribution in [3.63, 3.8) is 0 Å². The summed E-state index contributed by atoms with van der Waals surface area (Å²) in [5, 5.41) is 14.9. The highest BCUT2D eigenvalue weighted by atomic mass is 32.1. The lowest BCUT2D eigenvalue weighted by Crippen LogP contribution is -1.90. The van der Waals surface area contributed by atoms with Crippen LogP contribution in [-0.2, 0) is 0 Å². The maximum atomic E-state index is 6.74. The number of hydrogen-bond donors (Lipinski definition) is 0. The smallest absolute Gasteiger partial charge is 0.147 e. The first-order chi connectivity index (χ1) is 24.8. The molecule has 12 rings (SSSR count). The van der Waals surface area contributed by atoms with E-state index in [1.165, 1.54) is 53.7 Å². The van der Waals surface area contributed by atoms with E-state index >= 15 is 0 Å². The number of hydrogen-bond acceptors (Lipinski definition) is 4. The molecular weight excluding hydrogens is 633 g/mol. The van der Waals surface area contributed by atoms with Gasteiger partial charge >= 0.3 is 0 Å². The zero-order valence-electron chi connectivity index (χ0n) is 26.5. The van der Waals surface area contributed by atoms with Crippen molar-refractivity contribution in [2.45, 2.75) is 0 Å². The van der Waals surface area contributed by atoms with E-state index < -0.39 is 0 Å². The van der Waals surface area contributed by atoms with E-state index in [1.807, 2.05) is 12.1 Å². The third kappa shape index (κ3) is 3.48. The molecule has 8 aromatic carbocycles. The van der Waals surface area contributed by atoms with Gasteiger partial charge in [0, 0.05) is 31.6 Å². The summed E-state index contributed by atoms with van der Waals surface area (Å²) in [5.74, 6) is 0. The topological polar surface area (TPSA) is 39.4 Å². The van der Waals surface area contributed by atoms with Crippen molar-refractivity contribution in [1.82, 2.24) is 0 Å². The molecule has 0 bridgehead atoms. The van der Waals surface area contributed by atoms with Crippen LogP contribution < -0.4 is 0 Å². The van der Waals surface area contributed by atoms with Crippen molar-refractivity contribution in [2.24, 2.45) is 0 Å². The second-order valence-corrected chi connectivity index (χ2v) is 14.1. The van der Waals surface area contributed by atoms with Gasteiger partial charge in [0.25, 0.3) is 0 Å². The summed E-state index contributed by atoms with van der Waals surface area (Å²) < 4.78 is 20.6. The molecule has 0 aliphatic heterocycles. The lowest BCUT2D eigenvalue weighted by atomic mass is 9.85. The Morgan fingerprint density at radius 1 is 0.360 bits per heavy atom. The molecular formula is C46H24O3S. The van der Waals surface area contributed by atoms with E-state index in [2.05, 4.69) is 133 Å². The number of fused-ring (bicyclic) bond motifs is 14. The van der Waals surface area contributed by atoms with E-state index in [-0.39, 0.29) is 0 Å². The van der Waals surface area contributed by atoms with Gasteiger partial charge in [-0.2, -0.15) is 0 Å². The minimum atomic E-state index is 0.840. The summed E-state index contributed by atoms with van der Waals surface area (Å²) in [7, 11) is 0. The van der Waals surface area contributed by atoms with Crippen molar-refractivity contribution in [3.8, 4) is 22.3 Å². The fourth-order valence-electron chi connectivity index (χ4n) is 8.39. The molecule has 0 N–H and O–H groups in total. The zero-order chi connectivity index (χ0) is 32.5. The molecule has 0 fully saturated rings. The van der Waals surface area contributed by atoms with Crippen molar-refractivity contribution < 1.29 is 13.3 Å². The van der Waals surface area contributed by atoms with Crippen LogP contribution in [0.5, 0.6) is 0 Å². The summed E-state index contributed by atoms with van der Waals surface area (Å²) in [6, 6.07) is 49.8. The third-order valence-corrected chi connectivity index (χ3v) is 11.5. The van der Waals surface area contributed by atoms with Gasteiger partial charge in [-0.05, 0) is 115 Å². The molecule has 0 aliphatic rings. The zero-order valence-corrected chi connectivity index (χ0v) is 27.3. The van der Waals surface area contributed by atoms with Gasteiger partial charge in [0.1, 0.15) is 33.5 Å². The monoisotopic (exact) mass is 656 g/mol. The first kappa shape index (κ1) is 26.6. The van der Waals surface area contributed by atoms with Crippen molar-refractivity contribution in [3.05, 3.63) is 145 Å². The fourth-order valence-corrected chi connectivity index (χ4v) is 9.34. The van der Waals surface area contributed by atoms with E-state index in [4.69, 9.17) is 13.3 Å². The third-order valence-electron chi connectivity index (χ3n) is 10.5. The normalized spacial score (nSPS) is 12.4. The van der Waals surface area contributed by atoms with Gasteiger partial charge in [0.2, 0.25) is 0 Å². The lowest BCUT2D eigenvalue weighted by Gasteiger charge is -2.17. The second-order valence-electron chi connectivity index (χ2n) is 13.2. The van der Waals surface area contributed by atoms with Crippen LogP contribution in [-0.4, -0.2) is 0 Å². The number of benzene rings is 8. The molecule has 50 heavy (non-hydrogen) atoms. The van der Waals surface area contributed by atoms with Crippen LogP contribution in [0.2, 0.25) is 0 Å². The Morgan fingerprint density at radius 2 is 0.940 bits per heavy atom. The van der Waals surface area contributed by atoms with Gasteiger partial charge in [-0.3, -0.25) is 0 Å². The highest BCUT2D eigenvalue weighted by Gasteiger charge is 2.21. The van der Waals surface area contributed by atoms with Crippen LogP contribution in [0.4, 0.5) is 0 Å². The summed E-state index contributed by atoms with van der Waals surface area (Å²) in [5.41, 5.74) is 10.0. The Kier molecular flexibility index (Phi) is 5.12. The molecule has 0 atom stereocenters. The highest BCUT2D eigenvalue weighted by molar-refractivity contribution is 7.18. The maximum absolute atomic E-state index is 6.74. The summed E-state index contributed by atoms with van der Waals surface area (Å²) >= 11 is 1.77. The minimum Gasteiger partial charge on any atom is -0.456 e. The summed E-state index contributed by atoms with van der Waals surface area (Å²) in [6.45, 7) is 0. The molecule has 4 heterocycles. The SMILES string of the molecule is c1ccc2c(c1)oc1ccc3c4ccc(-c5c6ccccc6c(-c6ccc7oc8ccc9ccsc9c8c7c6)c6ccccc56)cc4oc3c12. The van der Waals surface area contributed by atoms with E-state index in [0.717, 1.165) is 66.0 Å². The minimum absolute atomic E-state index is 0.840. The van der Waals surface area contributed by atoms with Gasteiger partial charge in [-0.15, -0.1) is 11.3 Å². The first-order valence-corrected chi connectivity index (χ1v) is 17.7. The largest absolute Gasteiger partial charge is 0.456 e. The molecule has 0 amide bonds. The number of furan rings is 3. The Hall–Kier alpha value is -6.36. The number of thiophene rings is 1. The molecule has 0 aliphatic carbocycles. The Morgan fingerprint density at radius 3 is 1.70 bits per heavy atom. The highest BCUT2D eigenvalue weighted by Crippen LogP contribution is 2.47. The van der Waals surface area contributed by atoms with E-state index in [9.17, 15) is 0 Å². The Labute approximate surface area is 288 Å². The van der Waals surface area contributed by atoms with Crippen LogP contribution in [0.15, 0.2) is 158 Å². The van der Waals surface area contributed by atoms with Gasteiger partial charge in [-0.25, -0.2) is 0 Å². The van der Waals surface area contributed by atoms with Crippen LogP contribution in [0.3, 0.4) is 0 Å².